The molecule has 0 aromatic heterocycles. The molecule has 3 nitrogen and oxygen atoms in total. The number of rotatable bonds is 7. The summed E-state index contributed by atoms with van der Waals surface area (Å²) in [5.41, 5.74) is 2.75. The molecule has 100 valence electrons. The SMILES string of the molecule is CCCNCCN(C)Cc1ccc2c(c1)CCO2. The lowest BCUT2D eigenvalue weighted by atomic mass is 10.1. The number of likely N-dealkylation sites (N-methyl/N-ethyl adjacent to an activating group) is 1. The van der Waals surface area contributed by atoms with Crippen molar-refractivity contribution in [3.05, 3.63) is 29.3 Å². The summed E-state index contributed by atoms with van der Waals surface area (Å²) in [6, 6.07) is 6.58. The molecule has 1 heterocycles. The summed E-state index contributed by atoms with van der Waals surface area (Å²) in [5.74, 6) is 1.08. The van der Waals surface area contributed by atoms with Crippen molar-refractivity contribution < 1.29 is 4.74 Å². The van der Waals surface area contributed by atoms with Crippen molar-refractivity contribution in [3.63, 3.8) is 0 Å². The first-order chi connectivity index (χ1) is 8.79. The van der Waals surface area contributed by atoms with E-state index < -0.39 is 0 Å². The third-order valence-electron chi connectivity index (χ3n) is 3.30. The van der Waals surface area contributed by atoms with Crippen LogP contribution in [0.5, 0.6) is 5.75 Å². The van der Waals surface area contributed by atoms with Crippen LogP contribution in [0.25, 0.3) is 0 Å². The van der Waals surface area contributed by atoms with E-state index in [1.807, 2.05) is 0 Å². The number of nitrogens with zero attached hydrogens (tertiary/aromatic N) is 1. The molecule has 2 rings (SSSR count). The lowest BCUT2D eigenvalue weighted by Crippen LogP contribution is -2.29. The van der Waals surface area contributed by atoms with Crippen molar-refractivity contribution in [3.8, 4) is 5.75 Å². The molecule has 0 unspecified atom stereocenters. The molecular weight excluding hydrogens is 224 g/mol. The molecule has 0 bridgehead atoms. The minimum Gasteiger partial charge on any atom is -0.493 e. The summed E-state index contributed by atoms with van der Waals surface area (Å²) >= 11 is 0. The second-order valence-corrected chi connectivity index (χ2v) is 5.03. The maximum Gasteiger partial charge on any atom is 0.122 e. The zero-order valence-corrected chi connectivity index (χ0v) is 11.5. The number of ether oxygens (including phenoxy) is 1. The van der Waals surface area contributed by atoms with Gasteiger partial charge in [0.1, 0.15) is 5.75 Å². The standard InChI is InChI=1S/C15H24N2O/c1-3-7-16-8-9-17(2)12-13-4-5-15-14(11-13)6-10-18-15/h4-5,11,16H,3,6-10,12H2,1-2H3. The van der Waals surface area contributed by atoms with E-state index >= 15 is 0 Å². The van der Waals surface area contributed by atoms with Crippen molar-refractivity contribution in [1.29, 1.82) is 0 Å². The number of nitrogens with one attached hydrogen (secondary N) is 1. The maximum absolute atomic E-state index is 5.53. The van der Waals surface area contributed by atoms with Crippen LogP contribution in [0.3, 0.4) is 0 Å². The Morgan fingerprint density at radius 2 is 2.22 bits per heavy atom. The molecule has 0 aliphatic carbocycles. The fraction of sp³-hybridized carbons (Fsp3) is 0.600. The number of fused-ring (bicyclic) bond motifs is 1. The second-order valence-electron chi connectivity index (χ2n) is 5.03. The van der Waals surface area contributed by atoms with E-state index in [1.54, 1.807) is 0 Å². The van der Waals surface area contributed by atoms with Gasteiger partial charge >= 0.3 is 0 Å². The minimum atomic E-state index is 0.843. The van der Waals surface area contributed by atoms with Gasteiger partial charge in [0.05, 0.1) is 6.61 Å². The summed E-state index contributed by atoms with van der Waals surface area (Å²) in [7, 11) is 2.18. The van der Waals surface area contributed by atoms with E-state index in [0.717, 1.165) is 45.0 Å². The summed E-state index contributed by atoms with van der Waals surface area (Å²) in [6.07, 6.45) is 2.26. The van der Waals surface area contributed by atoms with E-state index in [-0.39, 0.29) is 0 Å². The normalized spacial score (nSPS) is 13.7. The molecule has 0 saturated heterocycles. The van der Waals surface area contributed by atoms with Gasteiger partial charge in [-0.05, 0) is 37.2 Å². The molecule has 0 atom stereocenters. The van der Waals surface area contributed by atoms with Crippen molar-refractivity contribution in [2.75, 3.05) is 33.3 Å². The highest BCUT2D eigenvalue weighted by atomic mass is 16.5. The van der Waals surface area contributed by atoms with E-state index in [2.05, 4.69) is 42.4 Å². The van der Waals surface area contributed by atoms with Gasteiger partial charge in [0.15, 0.2) is 0 Å². The van der Waals surface area contributed by atoms with Gasteiger partial charge in [-0.15, -0.1) is 0 Å². The van der Waals surface area contributed by atoms with Gasteiger partial charge in [-0.2, -0.15) is 0 Å². The summed E-state index contributed by atoms with van der Waals surface area (Å²) in [6.45, 7) is 7.33. The van der Waals surface area contributed by atoms with Crippen molar-refractivity contribution in [2.45, 2.75) is 26.3 Å². The minimum absolute atomic E-state index is 0.843. The molecule has 3 heteroatoms. The Kier molecular flexibility index (Phi) is 5.02. The molecule has 1 N–H and O–H groups in total. The highest BCUT2D eigenvalue weighted by molar-refractivity contribution is 5.39. The summed E-state index contributed by atoms with van der Waals surface area (Å²) in [4.78, 5) is 2.36. The Morgan fingerprint density at radius 3 is 3.06 bits per heavy atom. The fourth-order valence-electron chi connectivity index (χ4n) is 2.30. The monoisotopic (exact) mass is 248 g/mol. The fourth-order valence-corrected chi connectivity index (χ4v) is 2.30. The lowest BCUT2D eigenvalue weighted by molar-refractivity contribution is 0.324. The third kappa shape index (κ3) is 3.72. The van der Waals surface area contributed by atoms with E-state index in [1.165, 1.54) is 17.5 Å². The Labute approximate surface area is 110 Å². The van der Waals surface area contributed by atoms with Gasteiger partial charge in [0.2, 0.25) is 0 Å². The number of benzene rings is 1. The Hall–Kier alpha value is -1.06. The largest absolute Gasteiger partial charge is 0.493 e. The molecule has 0 spiro atoms. The molecule has 18 heavy (non-hydrogen) atoms. The van der Waals surface area contributed by atoms with E-state index in [9.17, 15) is 0 Å². The van der Waals surface area contributed by atoms with E-state index in [0.29, 0.717) is 0 Å². The van der Waals surface area contributed by atoms with Crippen LogP contribution in [-0.4, -0.2) is 38.2 Å². The predicted octanol–water partition coefficient (Wildman–Crippen LogP) is 2.05. The molecule has 1 aromatic rings. The van der Waals surface area contributed by atoms with Crippen molar-refractivity contribution in [1.82, 2.24) is 10.2 Å². The molecule has 0 radical (unpaired) electrons. The van der Waals surface area contributed by atoms with Crippen molar-refractivity contribution in [2.24, 2.45) is 0 Å². The first kappa shape index (κ1) is 13.4. The number of hydrogen-bond donors (Lipinski definition) is 1. The molecule has 0 fully saturated rings. The summed E-state index contributed by atoms with van der Waals surface area (Å²) in [5, 5.41) is 3.43. The Balaban J connectivity index is 1.78. The first-order valence-electron chi connectivity index (χ1n) is 6.93. The van der Waals surface area contributed by atoms with Crippen LogP contribution in [0.2, 0.25) is 0 Å². The summed E-state index contributed by atoms with van der Waals surface area (Å²) < 4.78 is 5.53. The van der Waals surface area contributed by atoms with Gasteiger partial charge in [-0.3, -0.25) is 0 Å². The van der Waals surface area contributed by atoms with Gasteiger partial charge < -0.3 is 15.0 Å². The quantitative estimate of drug-likeness (QED) is 0.748. The number of hydrogen-bond acceptors (Lipinski definition) is 3. The second kappa shape index (κ2) is 6.76. The van der Waals surface area contributed by atoms with Crippen molar-refractivity contribution >= 4 is 0 Å². The Morgan fingerprint density at radius 1 is 1.33 bits per heavy atom. The van der Waals surface area contributed by atoms with Gasteiger partial charge in [-0.1, -0.05) is 19.1 Å². The van der Waals surface area contributed by atoms with Crippen LogP contribution in [0, 0.1) is 0 Å². The zero-order chi connectivity index (χ0) is 12.8. The van der Waals surface area contributed by atoms with Gasteiger partial charge in [0, 0.05) is 26.1 Å². The van der Waals surface area contributed by atoms with Gasteiger partial charge in [-0.25, -0.2) is 0 Å². The van der Waals surface area contributed by atoms with Crippen LogP contribution in [0.15, 0.2) is 18.2 Å². The highest BCUT2D eigenvalue weighted by Gasteiger charge is 2.12. The van der Waals surface area contributed by atoms with E-state index in [4.69, 9.17) is 4.74 Å². The van der Waals surface area contributed by atoms with Crippen LogP contribution in [0.4, 0.5) is 0 Å². The smallest absolute Gasteiger partial charge is 0.122 e. The first-order valence-corrected chi connectivity index (χ1v) is 6.93. The Bertz CT molecular complexity index is 379. The van der Waals surface area contributed by atoms with Crippen LogP contribution >= 0.6 is 0 Å². The van der Waals surface area contributed by atoms with Gasteiger partial charge in [0.25, 0.3) is 0 Å². The molecule has 1 aromatic carbocycles. The van der Waals surface area contributed by atoms with Crippen LogP contribution in [0.1, 0.15) is 24.5 Å². The molecule has 0 amide bonds. The topological polar surface area (TPSA) is 24.5 Å². The highest BCUT2D eigenvalue weighted by Crippen LogP contribution is 2.26. The average molecular weight is 248 g/mol. The lowest BCUT2D eigenvalue weighted by Gasteiger charge is -2.17. The van der Waals surface area contributed by atoms with Crippen LogP contribution in [-0.2, 0) is 13.0 Å². The maximum atomic E-state index is 5.53. The molecule has 1 aliphatic heterocycles. The molecular formula is C15H24N2O. The van der Waals surface area contributed by atoms with Crippen LogP contribution < -0.4 is 10.1 Å². The average Bonchev–Trinajstić information content (AvgIpc) is 2.82. The molecule has 1 aliphatic rings. The predicted molar refractivity (Wildman–Crippen MR) is 75.1 cm³/mol. The molecule has 0 saturated carbocycles. The third-order valence-corrected chi connectivity index (χ3v) is 3.30. The zero-order valence-electron chi connectivity index (χ0n) is 11.5.